The van der Waals surface area contributed by atoms with Crippen molar-refractivity contribution in [3.63, 3.8) is 0 Å². The van der Waals surface area contributed by atoms with E-state index in [1.54, 1.807) is 17.0 Å². The fourth-order valence-corrected chi connectivity index (χ4v) is 4.99. The van der Waals surface area contributed by atoms with E-state index in [2.05, 4.69) is 0 Å². The van der Waals surface area contributed by atoms with E-state index >= 15 is 0 Å². The van der Waals surface area contributed by atoms with Crippen molar-refractivity contribution >= 4 is 15.9 Å². The lowest BCUT2D eigenvalue weighted by atomic mass is 10.1. The average Bonchev–Trinajstić information content (AvgIpc) is 2.70. The second kappa shape index (κ2) is 9.07. The van der Waals surface area contributed by atoms with Crippen molar-refractivity contribution in [1.82, 2.24) is 14.1 Å². The highest BCUT2D eigenvalue weighted by molar-refractivity contribution is 7.89. The molecule has 2 aromatic carbocycles. The maximum Gasteiger partial charge on any atom is 0.243 e. The molecule has 1 saturated heterocycles. The van der Waals surface area contributed by atoms with E-state index < -0.39 is 10.0 Å². The third-order valence-electron chi connectivity index (χ3n) is 5.41. The minimum Gasteiger partial charge on any atom is -0.339 e. The van der Waals surface area contributed by atoms with Gasteiger partial charge in [-0.3, -0.25) is 9.69 Å². The van der Waals surface area contributed by atoms with Gasteiger partial charge in [0.25, 0.3) is 0 Å². The first-order valence-electron chi connectivity index (χ1n) is 9.85. The number of rotatable bonds is 6. The summed E-state index contributed by atoms with van der Waals surface area (Å²) in [5, 5.41) is 0. The highest BCUT2D eigenvalue weighted by Gasteiger charge is 2.30. The number of piperazine rings is 1. The van der Waals surface area contributed by atoms with E-state index in [9.17, 15) is 13.2 Å². The van der Waals surface area contributed by atoms with Crippen LogP contribution >= 0.6 is 0 Å². The van der Waals surface area contributed by atoms with Gasteiger partial charge < -0.3 is 4.90 Å². The molecule has 1 heterocycles. The second-order valence-corrected chi connectivity index (χ2v) is 9.63. The molecule has 0 bridgehead atoms. The van der Waals surface area contributed by atoms with E-state index in [1.165, 1.54) is 4.31 Å². The van der Waals surface area contributed by atoms with Crippen molar-refractivity contribution in [2.45, 2.75) is 25.3 Å². The Morgan fingerprint density at radius 3 is 2.24 bits per heavy atom. The summed E-state index contributed by atoms with van der Waals surface area (Å²) in [5.74, 6) is 0.0339. The molecule has 0 spiro atoms. The highest BCUT2D eigenvalue weighted by atomic mass is 32.2. The van der Waals surface area contributed by atoms with Gasteiger partial charge in [-0.05, 0) is 49.7 Å². The molecule has 1 aliphatic heterocycles. The molecule has 0 aliphatic carbocycles. The summed E-state index contributed by atoms with van der Waals surface area (Å²) in [5.41, 5.74) is 3.19. The minimum atomic E-state index is -3.53. The molecule has 2 aromatic rings. The van der Waals surface area contributed by atoms with Crippen molar-refractivity contribution in [1.29, 1.82) is 0 Å². The van der Waals surface area contributed by atoms with E-state index in [-0.39, 0.29) is 5.91 Å². The summed E-state index contributed by atoms with van der Waals surface area (Å²) < 4.78 is 27.3. The first-order valence-corrected chi connectivity index (χ1v) is 11.3. The van der Waals surface area contributed by atoms with Crippen LogP contribution in [-0.2, 0) is 21.4 Å². The molecule has 1 amide bonds. The predicted molar refractivity (Wildman–Crippen MR) is 114 cm³/mol. The number of carbonyl (C=O) groups is 1. The standard InChI is InChI=1S/C22H29N3O3S/c1-18-9-10-21(15-19(18)2)29(27,28)25-13-11-24(12-14-25)22(26)17-23(3)16-20-7-5-4-6-8-20/h4-10,15H,11-14,16-17H2,1-3H3. The van der Waals surface area contributed by atoms with Crippen LogP contribution in [0.5, 0.6) is 0 Å². The van der Waals surface area contributed by atoms with Gasteiger partial charge in [-0.15, -0.1) is 0 Å². The number of likely N-dealkylation sites (N-methyl/N-ethyl adjacent to an activating group) is 1. The van der Waals surface area contributed by atoms with Crippen molar-refractivity contribution < 1.29 is 13.2 Å². The fourth-order valence-electron chi connectivity index (χ4n) is 3.48. The van der Waals surface area contributed by atoms with Crippen LogP contribution in [0.25, 0.3) is 0 Å². The van der Waals surface area contributed by atoms with Gasteiger partial charge in [0.2, 0.25) is 15.9 Å². The zero-order valence-corrected chi connectivity index (χ0v) is 18.2. The summed E-state index contributed by atoms with van der Waals surface area (Å²) in [6, 6.07) is 15.2. The normalized spacial score (nSPS) is 15.7. The van der Waals surface area contributed by atoms with Gasteiger partial charge in [-0.25, -0.2) is 8.42 Å². The number of hydrogen-bond donors (Lipinski definition) is 0. The topological polar surface area (TPSA) is 60.9 Å². The molecule has 29 heavy (non-hydrogen) atoms. The predicted octanol–water partition coefficient (Wildman–Crippen LogP) is 2.27. The van der Waals surface area contributed by atoms with E-state index in [0.717, 1.165) is 16.7 Å². The second-order valence-electron chi connectivity index (χ2n) is 7.69. The Hall–Kier alpha value is -2.22. The summed E-state index contributed by atoms with van der Waals surface area (Å²) >= 11 is 0. The molecular formula is C22H29N3O3S. The molecular weight excluding hydrogens is 386 g/mol. The summed E-state index contributed by atoms with van der Waals surface area (Å²) in [4.78, 5) is 16.7. The summed E-state index contributed by atoms with van der Waals surface area (Å²) in [7, 11) is -1.61. The van der Waals surface area contributed by atoms with E-state index in [4.69, 9.17) is 0 Å². The van der Waals surface area contributed by atoms with Gasteiger partial charge in [0.05, 0.1) is 11.4 Å². The van der Waals surface area contributed by atoms with Crippen LogP contribution in [0.2, 0.25) is 0 Å². The zero-order valence-electron chi connectivity index (χ0n) is 17.3. The number of hydrogen-bond acceptors (Lipinski definition) is 4. The van der Waals surface area contributed by atoms with Gasteiger partial charge in [0.15, 0.2) is 0 Å². The Labute approximate surface area is 173 Å². The van der Waals surface area contributed by atoms with Gasteiger partial charge in [-0.1, -0.05) is 36.4 Å². The van der Waals surface area contributed by atoms with Crippen LogP contribution in [-0.4, -0.2) is 68.2 Å². The Morgan fingerprint density at radius 1 is 0.966 bits per heavy atom. The lowest BCUT2D eigenvalue weighted by Gasteiger charge is -2.34. The molecule has 3 rings (SSSR count). The monoisotopic (exact) mass is 415 g/mol. The van der Waals surface area contributed by atoms with E-state index in [1.807, 2.05) is 62.2 Å². The first-order chi connectivity index (χ1) is 13.8. The van der Waals surface area contributed by atoms with Crippen LogP contribution in [0.15, 0.2) is 53.4 Å². The van der Waals surface area contributed by atoms with Crippen LogP contribution in [0.1, 0.15) is 16.7 Å². The average molecular weight is 416 g/mol. The van der Waals surface area contributed by atoms with Gasteiger partial charge >= 0.3 is 0 Å². The molecule has 0 saturated carbocycles. The van der Waals surface area contributed by atoms with E-state index in [0.29, 0.717) is 44.2 Å². The molecule has 1 fully saturated rings. The first kappa shape index (κ1) is 21.5. The van der Waals surface area contributed by atoms with Crippen molar-refractivity contribution in [3.8, 4) is 0 Å². The third-order valence-corrected chi connectivity index (χ3v) is 7.30. The molecule has 0 atom stereocenters. The van der Waals surface area contributed by atoms with Gasteiger partial charge in [0.1, 0.15) is 0 Å². The number of carbonyl (C=O) groups excluding carboxylic acids is 1. The zero-order chi connectivity index (χ0) is 21.0. The summed E-state index contributed by atoms with van der Waals surface area (Å²) in [6.07, 6.45) is 0. The number of benzene rings is 2. The van der Waals surface area contributed by atoms with Gasteiger partial charge in [-0.2, -0.15) is 4.31 Å². The molecule has 0 N–H and O–H groups in total. The van der Waals surface area contributed by atoms with Crippen molar-refractivity contribution in [3.05, 3.63) is 65.2 Å². The van der Waals surface area contributed by atoms with Crippen LogP contribution in [0.4, 0.5) is 0 Å². The fraction of sp³-hybridized carbons (Fsp3) is 0.409. The molecule has 156 valence electrons. The number of sulfonamides is 1. The minimum absolute atomic E-state index is 0.0339. The molecule has 7 heteroatoms. The van der Waals surface area contributed by atoms with Crippen LogP contribution < -0.4 is 0 Å². The SMILES string of the molecule is Cc1ccc(S(=O)(=O)N2CCN(C(=O)CN(C)Cc3ccccc3)CC2)cc1C. The molecule has 0 unspecified atom stereocenters. The Balaban J connectivity index is 1.55. The Bertz CT molecular complexity index is 953. The summed E-state index contributed by atoms with van der Waals surface area (Å²) in [6.45, 7) is 6.38. The lowest BCUT2D eigenvalue weighted by Crippen LogP contribution is -2.52. The maximum absolute atomic E-state index is 12.9. The van der Waals surface area contributed by atoms with Crippen LogP contribution in [0, 0.1) is 13.8 Å². The van der Waals surface area contributed by atoms with Crippen molar-refractivity contribution in [2.24, 2.45) is 0 Å². The van der Waals surface area contributed by atoms with Crippen LogP contribution in [0.3, 0.4) is 0 Å². The Kier molecular flexibility index (Phi) is 6.72. The molecule has 6 nitrogen and oxygen atoms in total. The number of amides is 1. The largest absolute Gasteiger partial charge is 0.339 e. The van der Waals surface area contributed by atoms with Gasteiger partial charge in [0, 0.05) is 32.7 Å². The molecule has 0 radical (unpaired) electrons. The lowest BCUT2D eigenvalue weighted by molar-refractivity contribution is -0.133. The number of nitrogens with zero attached hydrogens (tertiary/aromatic N) is 3. The molecule has 1 aliphatic rings. The third kappa shape index (κ3) is 5.23. The highest BCUT2D eigenvalue weighted by Crippen LogP contribution is 2.20. The Morgan fingerprint density at radius 2 is 1.62 bits per heavy atom. The molecule has 0 aromatic heterocycles. The number of aryl methyl sites for hydroxylation is 2. The van der Waals surface area contributed by atoms with Crippen molar-refractivity contribution in [2.75, 3.05) is 39.8 Å². The quantitative estimate of drug-likeness (QED) is 0.726. The maximum atomic E-state index is 12.9. The smallest absolute Gasteiger partial charge is 0.243 e.